The van der Waals surface area contributed by atoms with Gasteiger partial charge in [-0.2, -0.15) is 0 Å². The van der Waals surface area contributed by atoms with Gasteiger partial charge in [0.1, 0.15) is 0 Å². The molecule has 0 amide bonds. The molecule has 120 valence electrons. The molecule has 24 heavy (non-hydrogen) atoms. The average Bonchev–Trinajstić information content (AvgIpc) is 2.87. The van der Waals surface area contributed by atoms with Gasteiger partial charge in [-0.1, -0.05) is 73.3 Å². The van der Waals surface area contributed by atoms with Crippen molar-refractivity contribution in [3.63, 3.8) is 0 Å². The first-order valence-electron chi connectivity index (χ1n) is 7.77. The normalized spacial score (nSPS) is 11.8. The molecule has 3 rings (SSSR count). The van der Waals surface area contributed by atoms with Gasteiger partial charge >= 0.3 is 0 Å². The molecule has 0 radical (unpaired) electrons. The molecule has 0 saturated carbocycles. The minimum Gasteiger partial charge on any atom is -0.308 e. The molecule has 0 fully saturated rings. The van der Waals surface area contributed by atoms with Crippen molar-refractivity contribution in [2.45, 2.75) is 13.8 Å². The fraction of sp³-hybridized carbons (Fsp3) is 0.0909. The Labute approximate surface area is 143 Å². The highest BCUT2D eigenvalue weighted by molar-refractivity contribution is 6.22. The quantitative estimate of drug-likeness (QED) is 0.453. The van der Waals surface area contributed by atoms with Crippen molar-refractivity contribution in [3.8, 4) is 11.1 Å². The first kappa shape index (κ1) is 17.4. The highest BCUT2D eigenvalue weighted by Crippen LogP contribution is 2.35. The van der Waals surface area contributed by atoms with Crippen LogP contribution in [0.2, 0.25) is 0 Å². The summed E-state index contributed by atoms with van der Waals surface area (Å²) in [6, 6.07) is 16.2. The zero-order chi connectivity index (χ0) is 17.7. The maximum atomic E-state index is 8.01. The maximum absolute atomic E-state index is 8.01. The number of benzene rings is 2. The third kappa shape index (κ3) is 3.66. The molecule has 1 aliphatic rings. The molecule has 2 aromatic rings. The van der Waals surface area contributed by atoms with Gasteiger partial charge in [0.15, 0.2) is 0 Å². The molecule has 2 aromatic carbocycles. The lowest BCUT2D eigenvalue weighted by molar-refractivity contribution is 1.43. The minimum atomic E-state index is 0.649. The van der Waals surface area contributed by atoms with Crippen molar-refractivity contribution in [1.29, 1.82) is 10.8 Å². The van der Waals surface area contributed by atoms with Gasteiger partial charge in [0.25, 0.3) is 0 Å². The first-order chi connectivity index (χ1) is 11.5. The Morgan fingerprint density at radius 1 is 0.833 bits per heavy atom. The molecule has 0 aromatic heterocycles. The van der Waals surface area contributed by atoms with E-state index in [1.807, 2.05) is 56.3 Å². The Hall–Kier alpha value is -3.00. The Morgan fingerprint density at radius 2 is 1.25 bits per heavy atom. The predicted molar refractivity (Wildman–Crippen MR) is 104 cm³/mol. The number of rotatable bonds is 3. The van der Waals surface area contributed by atoms with Crippen LogP contribution in [0.4, 0.5) is 0 Å². The Balaban J connectivity index is 0.000000187. The smallest absolute Gasteiger partial charge is 0.0697 e. The summed E-state index contributed by atoms with van der Waals surface area (Å²) in [6.45, 7) is 11.2. The molecule has 2 heteroatoms. The van der Waals surface area contributed by atoms with E-state index >= 15 is 0 Å². The molecule has 0 saturated heterocycles. The second-order valence-electron chi connectivity index (χ2n) is 5.84. The van der Waals surface area contributed by atoms with E-state index in [1.165, 1.54) is 17.3 Å². The third-order valence-corrected chi connectivity index (χ3v) is 3.73. The number of hydrogen-bond donors (Lipinski definition) is 2. The summed E-state index contributed by atoms with van der Waals surface area (Å²) in [4.78, 5) is 0. The zero-order valence-corrected chi connectivity index (χ0v) is 14.2. The molecular weight excluding hydrogens is 292 g/mol. The summed E-state index contributed by atoms with van der Waals surface area (Å²) >= 11 is 0. The summed E-state index contributed by atoms with van der Waals surface area (Å²) in [7, 11) is 0. The molecule has 0 heterocycles. The van der Waals surface area contributed by atoms with E-state index in [0.29, 0.717) is 5.71 Å². The van der Waals surface area contributed by atoms with E-state index in [9.17, 15) is 0 Å². The highest BCUT2D eigenvalue weighted by Gasteiger charge is 2.21. The Bertz CT molecular complexity index is 806. The molecule has 0 aliphatic heterocycles. The van der Waals surface area contributed by atoms with Gasteiger partial charge in [-0.05, 0) is 36.1 Å². The van der Waals surface area contributed by atoms with Crippen LogP contribution in [0.15, 0.2) is 84.5 Å². The Kier molecular flexibility index (Phi) is 5.43. The van der Waals surface area contributed by atoms with E-state index in [4.69, 9.17) is 10.8 Å². The van der Waals surface area contributed by atoms with E-state index in [0.717, 1.165) is 27.8 Å². The second-order valence-corrected chi connectivity index (χ2v) is 5.84. The third-order valence-electron chi connectivity index (χ3n) is 3.73. The Morgan fingerprint density at radius 3 is 1.54 bits per heavy atom. The van der Waals surface area contributed by atoms with Crippen molar-refractivity contribution < 1.29 is 0 Å². The molecule has 0 bridgehead atoms. The van der Waals surface area contributed by atoms with E-state index < -0.39 is 0 Å². The van der Waals surface area contributed by atoms with Crippen LogP contribution < -0.4 is 0 Å². The number of hydrogen-bond acceptors (Lipinski definition) is 2. The van der Waals surface area contributed by atoms with Crippen LogP contribution in [-0.4, -0.2) is 11.9 Å². The number of nitrogens with one attached hydrogen (secondary N) is 2. The van der Waals surface area contributed by atoms with Crippen LogP contribution in [0.1, 0.15) is 25.0 Å². The molecule has 0 unspecified atom stereocenters. The van der Waals surface area contributed by atoms with E-state index in [-0.39, 0.29) is 0 Å². The van der Waals surface area contributed by atoms with Gasteiger partial charge in [0.2, 0.25) is 0 Å². The van der Waals surface area contributed by atoms with Crippen molar-refractivity contribution in [1.82, 2.24) is 0 Å². The average molecular weight is 314 g/mol. The predicted octanol–water partition coefficient (Wildman–Crippen LogP) is 5.80. The second kappa shape index (κ2) is 7.51. The largest absolute Gasteiger partial charge is 0.308 e. The lowest BCUT2D eigenvalue weighted by Crippen LogP contribution is -1.93. The van der Waals surface area contributed by atoms with Crippen molar-refractivity contribution in [2.24, 2.45) is 0 Å². The molecule has 2 nitrogen and oxygen atoms in total. The lowest BCUT2D eigenvalue weighted by atomic mass is 10.1. The topological polar surface area (TPSA) is 47.7 Å². The van der Waals surface area contributed by atoms with Crippen LogP contribution in [0.3, 0.4) is 0 Å². The summed E-state index contributed by atoms with van der Waals surface area (Å²) in [5, 5.41) is 15.0. The lowest BCUT2D eigenvalue weighted by Gasteiger charge is -1.97. The molecule has 0 spiro atoms. The minimum absolute atomic E-state index is 0.649. The fourth-order valence-electron chi connectivity index (χ4n) is 2.57. The van der Waals surface area contributed by atoms with Gasteiger partial charge in [-0.15, -0.1) is 0 Å². The summed E-state index contributed by atoms with van der Waals surface area (Å²) < 4.78 is 0. The van der Waals surface area contributed by atoms with Gasteiger partial charge in [-0.25, -0.2) is 0 Å². The SMILES string of the molecule is C=C(C)/C=C(/C=N)C(=C)C.N=C1c2ccccc2-c2ccccc21. The zero-order valence-electron chi connectivity index (χ0n) is 14.2. The summed E-state index contributed by atoms with van der Waals surface area (Å²) in [5.74, 6) is 0. The maximum Gasteiger partial charge on any atom is 0.0697 e. The summed E-state index contributed by atoms with van der Waals surface area (Å²) in [6.07, 6.45) is 3.13. The van der Waals surface area contributed by atoms with Gasteiger partial charge in [0, 0.05) is 17.3 Å². The van der Waals surface area contributed by atoms with Gasteiger partial charge in [0.05, 0.1) is 5.71 Å². The van der Waals surface area contributed by atoms with Crippen molar-refractivity contribution >= 4 is 11.9 Å². The molecule has 0 atom stereocenters. The van der Waals surface area contributed by atoms with Gasteiger partial charge in [-0.3, -0.25) is 5.41 Å². The van der Waals surface area contributed by atoms with Crippen LogP contribution in [-0.2, 0) is 0 Å². The fourth-order valence-corrected chi connectivity index (χ4v) is 2.57. The number of fused-ring (bicyclic) bond motifs is 3. The van der Waals surface area contributed by atoms with Crippen LogP contribution in [0.5, 0.6) is 0 Å². The molecule has 2 N–H and O–H groups in total. The van der Waals surface area contributed by atoms with Crippen LogP contribution in [0, 0.1) is 10.8 Å². The van der Waals surface area contributed by atoms with E-state index in [1.54, 1.807) is 0 Å². The standard InChI is InChI=1S/C13H9N.C9H13N/c14-13-11-7-3-1-5-9(11)10-6-2-4-8-12(10)13;1-7(2)5-9(6-10)8(3)4/h1-8,14H;5-6,10H,1,3H2,2,4H3/b;9-5-,10-6?. The van der Waals surface area contributed by atoms with Crippen LogP contribution >= 0.6 is 0 Å². The molecule has 1 aliphatic carbocycles. The number of allylic oxidation sites excluding steroid dienone is 4. The highest BCUT2D eigenvalue weighted by atomic mass is 14.5. The first-order valence-corrected chi connectivity index (χ1v) is 7.77. The van der Waals surface area contributed by atoms with Crippen molar-refractivity contribution in [3.05, 3.63) is 95.6 Å². The summed E-state index contributed by atoms with van der Waals surface area (Å²) in [5.41, 5.74) is 7.81. The monoisotopic (exact) mass is 314 g/mol. The molecular formula is C22H22N2. The van der Waals surface area contributed by atoms with E-state index in [2.05, 4.69) is 25.3 Å². The van der Waals surface area contributed by atoms with Crippen LogP contribution in [0.25, 0.3) is 11.1 Å². The van der Waals surface area contributed by atoms with Gasteiger partial charge < -0.3 is 5.41 Å². The van der Waals surface area contributed by atoms with Crippen molar-refractivity contribution in [2.75, 3.05) is 0 Å².